The van der Waals surface area contributed by atoms with Gasteiger partial charge in [0, 0.05) is 13.6 Å². The molecule has 4 heteroatoms. The first-order valence-electron chi connectivity index (χ1n) is 6.16. The van der Waals surface area contributed by atoms with Crippen molar-refractivity contribution in [2.24, 2.45) is 0 Å². The van der Waals surface area contributed by atoms with Gasteiger partial charge in [0.25, 0.3) is 0 Å². The monoisotopic (exact) mass is 319 g/mol. The molecule has 0 fully saturated rings. The molecule has 0 radical (unpaired) electrons. The van der Waals surface area contributed by atoms with Crippen molar-refractivity contribution in [3.63, 3.8) is 0 Å². The topological polar surface area (TPSA) is 42.2 Å². The first-order chi connectivity index (χ1) is 8.99. The fourth-order valence-electron chi connectivity index (χ4n) is 1.89. The summed E-state index contributed by atoms with van der Waals surface area (Å²) < 4.78 is 0.960. The van der Waals surface area contributed by atoms with Crippen molar-refractivity contribution in [1.82, 2.24) is 4.98 Å². The molecule has 19 heavy (non-hydrogen) atoms. The van der Waals surface area contributed by atoms with Crippen LogP contribution in [0.25, 0.3) is 0 Å². The maximum Gasteiger partial charge on any atom is 0.143 e. The second-order valence-electron chi connectivity index (χ2n) is 4.82. The van der Waals surface area contributed by atoms with Gasteiger partial charge in [-0.25, -0.2) is 4.98 Å². The van der Waals surface area contributed by atoms with Crippen molar-refractivity contribution in [3.05, 3.63) is 51.6 Å². The predicted octanol–water partition coefficient (Wildman–Crippen LogP) is 3.68. The molecule has 2 aromatic rings. The minimum Gasteiger partial charge on any atom is -0.397 e. The van der Waals surface area contributed by atoms with Crippen LogP contribution in [0.5, 0.6) is 0 Å². The Morgan fingerprint density at radius 3 is 2.47 bits per heavy atom. The van der Waals surface area contributed by atoms with Crippen LogP contribution >= 0.6 is 15.9 Å². The molecule has 0 saturated carbocycles. The highest BCUT2D eigenvalue weighted by Gasteiger charge is 2.11. The Morgan fingerprint density at radius 1 is 1.21 bits per heavy atom. The lowest BCUT2D eigenvalue weighted by Gasteiger charge is -2.21. The van der Waals surface area contributed by atoms with Gasteiger partial charge < -0.3 is 10.6 Å². The molecule has 0 unspecified atom stereocenters. The van der Waals surface area contributed by atoms with Gasteiger partial charge in [-0.3, -0.25) is 0 Å². The maximum absolute atomic E-state index is 5.85. The standard InChI is InChI=1S/C15H18BrN3/c1-10-4-6-12(7-5-10)9-19(3)15-14(16)11(2)13(17)8-18-15/h4-8H,9,17H2,1-3H3. The SMILES string of the molecule is Cc1ccc(CN(C)c2ncc(N)c(C)c2Br)cc1. The van der Waals surface area contributed by atoms with Crippen LogP contribution in [0.4, 0.5) is 11.5 Å². The normalized spacial score (nSPS) is 10.5. The number of benzene rings is 1. The van der Waals surface area contributed by atoms with E-state index in [4.69, 9.17) is 5.73 Å². The van der Waals surface area contributed by atoms with E-state index in [1.54, 1.807) is 6.20 Å². The summed E-state index contributed by atoms with van der Waals surface area (Å²) in [7, 11) is 2.03. The molecule has 0 bridgehead atoms. The predicted molar refractivity (Wildman–Crippen MR) is 84.4 cm³/mol. The Hall–Kier alpha value is -1.55. The number of hydrogen-bond acceptors (Lipinski definition) is 3. The zero-order valence-electron chi connectivity index (χ0n) is 11.4. The molecule has 0 aliphatic heterocycles. The number of hydrogen-bond donors (Lipinski definition) is 1. The minimum atomic E-state index is 0.708. The van der Waals surface area contributed by atoms with E-state index in [0.717, 1.165) is 22.4 Å². The van der Waals surface area contributed by atoms with Gasteiger partial charge in [-0.15, -0.1) is 0 Å². The lowest BCUT2D eigenvalue weighted by molar-refractivity contribution is 0.892. The second-order valence-corrected chi connectivity index (χ2v) is 5.61. The van der Waals surface area contributed by atoms with E-state index in [0.29, 0.717) is 5.69 Å². The number of anilines is 2. The molecule has 2 rings (SSSR count). The molecule has 0 aliphatic rings. The number of aromatic nitrogens is 1. The third-order valence-electron chi connectivity index (χ3n) is 3.19. The first kappa shape index (κ1) is 13.9. The van der Waals surface area contributed by atoms with Crippen LogP contribution in [-0.2, 0) is 6.54 Å². The summed E-state index contributed by atoms with van der Waals surface area (Å²) in [5.74, 6) is 0.910. The number of nitrogen functional groups attached to an aromatic ring is 1. The molecule has 0 amide bonds. The van der Waals surface area contributed by atoms with E-state index >= 15 is 0 Å². The number of halogens is 1. The van der Waals surface area contributed by atoms with E-state index in [9.17, 15) is 0 Å². The summed E-state index contributed by atoms with van der Waals surface area (Å²) in [5.41, 5.74) is 10.1. The van der Waals surface area contributed by atoms with Gasteiger partial charge in [0.1, 0.15) is 5.82 Å². The summed E-state index contributed by atoms with van der Waals surface area (Å²) >= 11 is 3.57. The van der Waals surface area contributed by atoms with Crippen LogP contribution in [-0.4, -0.2) is 12.0 Å². The molecule has 100 valence electrons. The number of rotatable bonds is 3. The first-order valence-corrected chi connectivity index (χ1v) is 6.95. The molecule has 1 aromatic heterocycles. The number of aryl methyl sites for hydroxylation is 1. The molecule has 0 aliphatic carbocycles. The number of pyridine rings is 1. The quantitative estimate of drug-likeness (QED) is 0.938. The van der Waals surface area contributed by atoms with Crippen LogP contribution in [0.3, 0.4) is 0 Å². The van der Waals surface area contributed by atoms with Gasteiger partial charge in [-0.2, -0.15) is 0 Å². The third kappa shape index (κ3) is 3.07. The lowest BCUT2D eigenvalue weighted by Crippen LogP contribution is -2.18. The largest absolute Gasteiger partial charge is 0.397 e. The van der Waals surface area contributed by atoms with Crippen molar-refractivity contribution in [2.75, 3.05) is 17.7 Å². The molecule has 1 heterocycles. The van der Waals surface area contributed by atoms with Crippen LogP contribution in [0.1, 0.15) is 16.7 Å². The fourth-order valence-corrected chi connectivity index (χ4v) is 2.52. The highest BCUT2D eigenvalue weighted by atomic mass is 79.9. The van der Waals surface area contributed by atoms with Crippen molar-refractivity contribution >= 4 is 27.4 Å². The molecule has 0 atom stereocenters. The van der Waals surface area contributed by atoms with E-state index in [1.165, 1.54) is 11.1 Å². The Balaban J connectivity index is 2.23. The van der Waals surface area contributed by atoms with E-state index < -0.39 is 0 Å². The average Bonchev–Trinajstić information content (AvgIpc) is 2.39. The van der Waals surface area contributed by atoms with E-state index in [2.05, 4.69) is 57.0 Å². The van der Waals surface area contributed by atoms with Crippen molar-refractivity contribution in [1.29, 1.82) is 0 Å². The third-order valence-corrected chi connectivity index (χ3v) is 4.14. The molecule has 1 aromatic carbocycles. The zero-order valence-corrected chi connectivity index (χ0v) is 13.0. The van der Waals surface area contributed by atoms with Crippen LogP contribution < -0.4 is 10.6 Å². The minimum absolute atomic E-state index is 0.708. The Kier molecular flexibility index (Phi) is 4.10. The summed E-state index contributed by atoms with van der Waals surface area (Å²) in [6.07, 6.45) is 1.71. The van der Waals surface area contributed by atoms with Crippen LogP contribution in [0, 0.1) is 13.8 Å². The van der Waals surface area contributed by atoms with Gasteiger partial charge in [-0.05, 0) is 40.9 Å². The number of nitrogens with zero attached hydrogens (tertiary/aromatic N) is 2. The maximum atomic E-state index is 5.85. The van der Waals surface area contributed by atoms with Gasteiger partial charge in [0.2, 0.25) is 0 Å². The highest BCUT2D eigenvalue weighted by molar-refractivity contribution is 9.10. The van der Waals surface area contributed by atoms with Gasteiger partial charge in [0.05, 0.1) is 16.4 Å². The Morgan fingerprint density at radius 2 is 1.84 bits per heavy atom. The van der Waals surface area contributed by atoms with Crippen molar-refractivity contribution in [2.45, 2.75) is 20.4 Å². The average molecular weight is 320 g/mol. The van der Waals surface area contributed by atoms with Crippen LogP contribution in [0.15, 0.2) is 34.9 Å². The van der Waals surface area contributed by atoms with E-state index in [-0.39, 0.29) is 0 Å². The van der Waals surface area contributed by atoms with Gasteiger partial charge in [0.15, 0.2) is 0 Å². The molecule has 2 N–H and O–H groups in total. The molecular formula is C15H18BrN3. The molecular weight excluding hydrogens is 302 g/mol. The van der Waals surface area contributed by atoms with Gasteiger partial charge >= 0.3 is 0 Å². The Bertz CT molecular complexity index is 579. The van der Waals surface area contributed by atoms with Gasteiger partial charge in [-0.1, -0.05) is 29.8 Å². The second kappa shape index (κ2) is 5.61. The molecule has 3 nitrogen and oxygen atoms in total. The van der Waals surface area contributed by atoms with E-state index in [1.807, 2.05) is 14.0 Å². The van der Waals surface area contributed by atoms with Crippen molar-refractivity contribution in [3.8, 4) is 0 Å². The Labute approximate surface area is 122 Å². The highest BCUT2D eigenvalue weighted by Crippen LogP contribution is 2.30. The number of nitrogens with two attached hydrogens (primary N) is 1. The van der Waals surface area contributed by atoms with Crippen molar-refractivity contribution < 1.29 is 0 Å². The molecule has 0 spiro atoms. The zero-order chi connectivity index (χ0) is 14.0. The smallest absolute Gasteiger partial charge is 0.143 e. The lowest BCUT2D eigenvalue weighted by atomic mass is 10.1. The summed E-state index contributed by atoms with van der Waals surface area (Å²) in [4.78, 5) is 6.52. The summed E-state index contributed by atoms with van der Waals surface area (Å²) in [6, 6.07) is 8.54. The summed E-state index contributed by atoms with van der Waals surface area (Å²) in [5, 5.41) is 0. The fraction of sp³-hybridized carbons (Fsp3) is 0.267. The molecule has 0 saturated heterocycles. The van der Waals surface area contributed by atoms with Crippen LogP contribution in [0.2, 0.25) is 0 Å². The summed E-state index contributed by atoms with van der Waals surface area (Å²) in [6.45, 7) is 4.90.